The Hall–Kier alpha value is -1.72. The molecule has 2 atom stereocenters. The molecule has 1 aromatic carbocycles. The number of aliphatic carboxylic acids is 1. The Morgan fingerprint density at radius 3 is 2.83 bits per heavy atom. The van der Waals surface area contributed by atoms with Crippen molar-refractivity contribution in [1.82, 2.24) is 9.88 Å². The quantitative estimate of drug-likeness (QED) is 0.870. The topological polar surface area (TPSA) is 53.4 Å². The summed E-state index contributed by atoms with van der Waals surface area (Å²) in [6, 6.07) is 10.9. The van der Waals surface area contributed by atoms with E-state index in [9.17, 15) is 9.90 Å². The molecule has 2 aromatic rings. The van der Waals surface area contributed by atoms with E-state index in [4.69, 9.17) is 0 Å². The first-order valence-corrected chi connectivity index (χ1v) is 9.38. The van der Waals surface area contributed by atoms with Crippen LogP contribution in [0.15, 0.2) is 36.5 Å². The number of aryl methyl sites for hydroxylation is 2. The van der Waals surface area contributed by atoms with Gasteiger partial charge in [0.15, 0.2) is 0 Å². The molecule has 1 aliphatic rings. The predicted octanol–water partition coefficient (Wildman–Crippen LogP) is 3.61. The Balaban J connectivity index is 1.56. The summed E-state index contributed by atoms with van der Waals surface area (Å²) in [5.41, 5.74) is 1.34. The largest absolute Gasteiger partial charge is 0.481 e. The first-order chi connectivity index (χ1) is 11.6. The van der Waals surface area contributed by atoms with Gasteiger partial charge in [-0.15, -0.1) is 11.3 Å². The number of benzene rings is 1. The van der Waals surface area contributed by atoms with E-state index in [1.165, 1.54) is 10.4 Å². The molecule has 0 amide bonds. The number of carboxylic acids is 1. The molecule has 2 unspecified atom stereocenters. The summed E-state index contributed by atoms with van der Waals surface area (Å²) in [7, 11) is 0. The summed E-state index contributed by atoms with van der Waals surface area (Å²) in [5.74, 6) is -0.897. The van der Waals surface area contributed by atoms with Gasteiger partial charge in [0.05, 0.1) is 10.9 Å². The summed E-state index contributed by atoms with van der Waals surface area (Å²) >= 11 is 1.76. The molecule has 1 aromatic heterocycles. The Morgan fingerprint density at radius 2 is 2.08 bits per heavy atom. The lowest BCUT2D eigenvalue weighted by atomic mass is 9.93. The van der Waals surface area contributed by atoms with E-state index in [1.807, 2.05) is 12.3 Å². The molecule has 0 bridgehead atoms. The van der Waals surface area contributed by atoms with Gasteiger partial charge in [-0.2, -0.15) is 0 Å². The molecule has 2 heterocycles. The van der Waals surface area contributed by atoms with Crippen LogP contribution in [0.25, 0.3) is 0 Å². The first kappa shape index (κ1) is 17.1. The number of hydrogen-bond acceptors (Lipinski definition) is 4. The van der Waals surface area contributed by atoms with Gasteiger partial charge in [0.2, 0.25) is 0 Å². The van der Waals surface area contributed by atoms with Crippen molar-refractivity contribution in [2.24, 2.45) is 5.92 Å². The van der Waals surface area contributed by atoms with Crippen molar-refractivity contribution in [2.45, 2.75) is 45.2 Å². The zero-order valence-electron chi connectivity index (χ0n) is 14.0. The van der Waals surface area contributed by atoms with E-state index in [0.29, 0.717) is 12.6 Å². The summed E-state index contributed by atoms with van der Waals surface area (Å²) in [5, 5.41) is 10.4. The highest BCUT2D eigenvalue weighted by atomic mass is 32.1. The molecule has 0 aliphatic carbocycles. The fourth-order valence-electron chi connectivity index (χ4n) is 3.23. The molecular weight excluding hydrogens is 320 g/mol. The maximum absolute atomic E-state index is 11.2. The number of thiazole rings is 1. The van der Waals surface area contributed by atoms with Crippen LogP contribution >= 0.6 is 11.3 Å². The summed E-state index contributed by atoms with van der Waals surface area (Å²) in [4.78, 5) is 19.3. The van der Waals surface area contributed by atoms with Crippen molar-refractivity contribution in [1.29, 1.82) is 0 Å². The second-order valence-electron chi connectivity index (χ2n) is 6.60. The van der Waals surface area contributed by atoms with Gasteiger partial charge in [0.25, 0.3) is 0 Å². The van der Waals surface area contributed by atoms with Gasteiger partial charge in [-0.25, -0.2) is 4.98 Å². The van der Waals surface area contributed by atoms with Gasteiger partial charge in [-0.1, -0.05) is 30.3 Å². The maximum atomic E-state index is 11.2. The number of rotatable bonds is 6. The number of piperidine rings is 1. The van der Waals surface area contributed by atoms with Crippen LogP contribution in [-0.2, 0) is 24.2 Å². The highest BCUT2D eigenvalue weighted by Gasteiger charge is 2.29. The Bertz CT molecular complexity index is 671. The maximum Gasteiger partial charge on any atom is 0.307 e. The zero-order valence-corrected chi connectivity index (χ0v) is 14.8. The molecule has 3 rings (SSSR count). The minimum absolute atomic E-state index is 0.230. The molecule has 1 aliphatic heterocycles. The molecule has 1 saturated heterocycles. The van der Waals surface area contributed by atoms with Gasteiger partial charge in [0.1, 0.15) is 0 Å². The Morgan fingerprint density at radius 1 is 1.29 bits per heavy atom. The molecule has 24 heavy (non-hydrogen) atoms. The SMILES string of the molecule is CC1CCC(C(=O)O)CN1Cc1cnc(CCc2ccccc2)s1. The summed E-state index contributed by atoms with van der Waals surface area (Å²) < 4.78 is 0. The van der Waals surface area contributed by atoms with Gasteiger partial charge >= 0.3 is 5.97 Å². The first-order valence-electron chi connectivity index (χ1n) is 8.56. The molecule has 0 radical (unpaired) electrons. The fourth-order valence-corrected chi connectivity index (χ4v) is 4.18. The van der Waals surface area contributed by atoms with Gasteiger partial charge in [-0.05, 0) is 31.7 Å². The molecule has 0 saturated carbocycles. The Kier molecular flexibility index (Phi) is 5.63. The second-order valence-corrected chi connectivity index (χ2v) is 7.80. The van der Waals surface area contributed by atoms with Crippen molar-refractivity contribution >= 4 is 17.3 Å². The average Bonchev–Trinajstić information content (AvgIpc) is 3.03. The zero-order chi connectivity index (χ0) is 16.9. The minimum Gasteiger partial charge on any atom is -0.481 e. The highest BCUT2D eigenvalue weighted by molar-refractivity contribution is 7.11. The van der Waals surface area contributed by atoms with E-state index >= 15 is 0 Å². The van der Waals surface area contributed by atoms with Crippen molar-refractivity contribution < 1.29 is 9.90 Å². The third kappa shape index (κ3) is 4.42. The van der Waals surface area contributed by atoms with Crippen LogP contribution in [-0.4, -0.2) is 33.5 Å². The van der Waals surface area contributed by atoms with Gasteiger partial charge in [0, 0.05) is 36.6 Å². The van der Waals surface area contributed by atoms with Gasteiger partial charge in [-0.3, -0.25) is 9.69 Å². The van der Waals surface area contributed by atoms with Crippen LogP contribution in [0.3, 0.4) is 0 Å². The third-order valence-corrected chi connectivity index (χ3v) is 5.83. The lowest BCUT2D eigenvalue weighted by Crippen LogP contribution is -2.43. The summed E-state index contributed by atoms with van der Waals surface area (Å²) in [6.07, 6.45) is 5.67. The van der Waals surface area contributed by atoms with E-state index < -0.39 is 5.97 Å². The molecule has 5 heteroatoms. The number of hydrogen-bond donors (Lipinski definition) is 1. The molecule has 1 fully saturated rings. The van der Waals surface area contributed by atoms with Crippen LogP contribution in [0.1, 0.15) is 35.2 Å². The number of likely N-dealkylation sites (tertiary alicyclic amines) is 1. The van der Waals surface area contributed by atoms with E-state index in [2.05, 4.69) is 41.1 Å². The standard InChI is InChI=1S/C19H24N2O2S/c1-14-7-9-16(19(22)23)12-21(14)13-17-11-20-18(24-17)10-8-15-5-3-2-4-6-15/h2-6,11,14,16H,7-10,12-13H2,1H3,(H,22,23). The average molecular weight is 344 g/mol. The van der Waals surface area contributed by atoms with Crippen molar-refractivity contribution in [3.05, 3.63) is 52.0 Å². The van der Waals surface area contributed by atoms with E-state index in [-0.39, 0.29) is 5.92 Å². The molecule has 1 N–H and O–H groups in total. The van der Waals surface area contributed by atoms with Crippen LogP contribution in [0.2, 0.25) is 0 Å². The predicted molar refractivity (Wildman–Crippen MR) is 96.2 cm³/mol. The number of carboxylic acid groups (broad SMARTS) is 1. The number of aromatic nitrogens is 1. The normalized spacial score (nSPS) is 21.7. The monoisotopic (exact) mass is 344 g/mol. The third-order valence-electron chi connectivity index (χ3n) is 4.79. The number of nitrogens with zero attached hydrogens (tertiary/aromatic N) is 2. The number of carbonyl (C=O) groups is 1. The van der Waals surface area contributed by atoms with E-state index in [1.54, 1.807) is 11.3 Å². The molecule has 0 spiro atoms. The second kappa shape index (κ2) is 7.90. The Labute approximate surface area is 147 Å². The van der Waals surface area contributed by atoms with Crippen LogP contribution < -0.4 is 0 Å². The van der Waals surface area contributed by atoms with Crippen molar-refractivity contribution in [3.63, 3.8) is 0 Å². The van der Waals surface area contributed by atoms with Crippen LogP contribution in [0, 0.1) is 5.92 Å². The van der Waals surface area contributed by atoms with E-state index in [0.717, 1.165) is 37.2 Å². The van der Waals surface area contributed by atoms with Crippen LogP contribution in [0.5, 0.6) is 0 Å². The molecule has 128 valence electrons. The smallest absolute Gasteiger partial charge is 0.307 e. The van der Waals surface area contributed by atoms with Crippen LogP contribution in [0.4, 0.5) is 0 Å². The lowest BCUT2D eigenvalue weighted by molar-refractivity contribution is -0.144. The molecular formula is C19H24N2O2S. The minimum atomic E-state index is -0.667. The van der Waals surface area contributed by atoms with Crippen molar-refractivity contribution in [2.75, 3.05) is 6.54 Å². The van der Waals surface area contributed by atoms with Gasteiger partial charge < -0.3 is 5.11 Å². The summed E-state index contributed by atoms with van der Waals surface area (Å²) in [6.45, 7) is 3.65. The lowest BCUT2D eigenvalue weighted by Gasteiger charge is -2.36. The molecule has 4 nitrogen and oxygen atoms in total. The fraction of sp³-hybridized carbons (Fsp3) is 0.474. The van der Waals surface area contributed by atoms with Crippen molar-refractivity contribution in [3.8, 4) is 0 Å². The highest BCUT2D eigenvalue weighted by Crippen LogP contribution is 2.25.